The van der Waals surface area contributed by atoms with Crippen molar-refractivity contribution in [1.82, 2.24) is 4.57 Å². The molecule has 59 heavy (non-hydrogen) atoms. The van der Waals surface area contributed by atoms with Gasteiger partial charge in [0, 0.05) is 38.7 Å². The minimum Gasteiger partial charge on any atom is -0.309 e. The maximum absolute atomic E-state index is 2.48. The van der Waals surface area contributed by atoms with Crippen molar-refractivity contribution in [3.8, 4) is 50.2 Å². The van der Waals surface area contributed by atoms with E-state index in [1.54, 1.807) is 0 Å². The summed E-state index contributed by atoms with van der Waals surface area (Å²) in [4.78, 5) is 2.48. The van der Waals surface area contributed by atoms with E-state index in [4.69, 9.17) is 0 Å². The molecule has 2 heteroatoms. The molecule has 0 spiro atoms. The molecule has 0 saturated heterocycles. The van der Waals surface area contributed by atoms with Crippen LogP contribution in [0.1, 0.15) is 25.0 Å². The van der Waals surface area contributed by atoms with Crippen molar-refractivity contribution in [3.63, 3.8) is 0 Å². The average molecular weight is 755 g/mol. The molecule has 0 aliphatic heterocycles. The second kappa shape index (κ2) is 13.9. The highest BCUT2D eigenvalue weighted by Gasteiger charge is 2.37. The van der Waals surface area contributed by atoms with Crippen molar-refractivity contribution in [3.05, 3.63) is 230 Å². The molecule has 0 saturated carbocycles. The highest BCUT2D eigenvalue weighted by atomic mass is 15.1. The minimum atomic E-state index is -0.104. The molecule has 0 amide bonds. The van der Waals surface area contributed by atoms with E-state index in [2.05, 4.69) is 242 Å². The van der Waals surface area contributed by atoms with Gasteiger partial charge in [-0.25, -0.2) is 0 Å². The van der Waals surface area contributed by atoms with Gasteiger partial charge in [0.2, 0.25) is 0 Å². The SMILES string of the molecule is CC1(C)c2ccccc2-c2c(-c3ccccc3N(c3ccc(-n4c5ccccc5c5ccccc54)cc3)c3ccccc3-c3ccccc3-c3ccccc3)cccc21. The number of hydrogen-bond donors (Lipinski definition) is 0. The van der Waals surface area contributed by atoms with Crippen LogP contribution >= 0.6 is 0 Å². The summed E-state index contributed by atoms with van der Waals surface area (Å²) >= 11 is 0. The van der Waals surface area contributed by atoms with Crippen LogP contribution in [0.5, 0.6) is 0 Å². The molecule has 9 aromatic carbocycles. The number of para-hydroxylation sites is 4. The summed E-state index contributed by atoms with van der Waals surface area (Å²) in [5, 5.41) is 2.52. The molecule has 280 valence electrons. The molecule has 1 aromatic heterocycles. The molecular weight excluding hydrogens is 713 g/mol. The van der Waals surface area contributed by atoms with Gasteiger partial charge in [0.1, 0.15) is 0 Å². The molecule has 1 heterocycles. The zero-order chi connectivity index (χ0) is 39.5. The van der Waals surface area contributed by atoms with Crippen molar-refractivity contribution in [2.24, 2.45) is 0 Å². The van der Waals surface area contributed by atoms with Crippen LogP contribution in [0.4, 0.5) is 17.1 Å². The number of aromatic nitrogens is 1. The van der Waals surface area contributed by atoms with Gasteiger partial charge in [-0.1, -0.05) is 184 Å². The molecule has 10 aromatic rings. The standard InChI is InChI=1S/C57H42N2/c1-57(2)50-29-13-8-27-49(50)56-48(28-18-30-51(56)57)47-26-12-17-34-55(47)58(52-31-14-9-23-44(52)43-22-7-6-21-42(43)39-19-4-3-5-20-39)40-35-37-41(38-36-40)59-53-32-15-10-24-45(53)46-25-11-16-33-54(46)59/h3-38H,1-2H3. The van der Waals surface area contributed by atoms with E-state index in [9.17, 15) is 0 Å². The van der Waals surface area contributed by atoms with Crippen molar-refractivity contribution < 1.29 is 0 Å². The van der Waals surface area contributed by atoms with Crippen molar-refractivity contribution in [2.45, 2.75) is 19.3 Å². The Hall–Kier alpha value is -7.42. The van der Waals surface area contributed by atoms with E-state index in [-0.39, 0.29) is 5.41 Å². The normalized spacial score (nSPS) is 12.7. The zero-order valence-corrected chi connectivity index (χ0v) is 33.2. The Morgan fingerprint density at radius 2 is 0.831 bits per heavy atom. The molecule has 1 aliphatic carbocycles. The monoisotopic (exact) mass is 754 g/mol. The van der Waals surface area contributed by atoms with Crippen molar-refractivity contribution in [1.29, 1.82) is 0 Å². The second-order valence-electron chi connectivity index (χ2n) is 16.1. The van der Waals surface area contributed by atoms with Gasteiger partial charge in [-0.3, -0.25) is 0 Å². The van der Waals surface area contributed by atoms with Crippen LogP contribution in [0.25, 0.3) is 72.0 Å². The Morgan fingerprint density at radius 1 is 0.356 bits per heavy atom. The van der Waals surface area contributed by atoms with E-state index in [1.807, 2.05) is 0 Å². The van der Waals surface area contributed by atoms with Gasteiger partial charge in [0.25, 0.3) is 0 Å². The molecule has 0 bridgehead atoms. The summed E-state index contributed by atoms with van der Waals surface area (Å²) < 4.78 is 2.39. The Labute approximate surface area is 345 Å². The number of hydrogen-bond acceptors (Lipinski definition) is 1. The fraction of sp³-hybridized carbons (Fsp3) is 0.0526. The van der Waals surface area contributed by atoms with Gasteiger partial charge in [-0.05, 0) is 93.0 Å². The summed E-state index contributed by atoms with van der Waals surface area (Å²) in [5.74, 6) is 0. The highest BCUT2D eigenvalue weighted by molar-refractivity contribution is 6.09. The molecule has 0 radical (unpaired) electrons. The first-order valence-corrected chi connectivity index (χ1v) is 20.5. The molecule has 1 aliphatic rings. The lowest BCUT2D eigenvalue weighted by atomic mass is 9.82. The van der Waals surface area contributed by atoms with Crippen LogP contribution in [-0.4, -0.2) is 4.57 Å². The number of rotatable bonds is 7. The minimum absolute atomic E-state index is 0.104. The van der Waals surface area contributed by atoms with Crippen LogP contribution in [0.3, 0.4) is 0 Å². The molecular formula is C57H42N2. The second-order valence-corrected chi connectivity index (χ2v) is 16.1. The first-order valence-electron chi connectivity index (χ1n) is 20.5. The topological polar surface area (TPSA) is 8.17 Å². The molecule has 11 rings (SSSR count). The first kappa shape index (κ1) is 34.8. The van der Waals surface area contributed by atoms with E-state index >= 15 is 0 Å². The number of benzene rings is 9. The van der Waals surface area contributed by atoms with Crippen LogP contribution < -0.4 is 4.90 Å². The summed E-state index contributed by atoms with van der Waals surface area (Å²) in [7, 11) is 0. The first-order chi connectivity index (χ1) is 29.1. The van der Waals surface area contributed by atoms with Gasteiger partial charge in [0.15, 0.2) is 0 Å². The predicted molar refractivity (Wildman–Crippen MR) is 249 cm³/mol. The van der Waals surface area contributed by atoms with E-state index < -0.39 is 0 Å². The molecule has 0 unspecified atom stereocenters. The van der Waals surface area contributed by atoms with Crippen LogP contribution in [0, 0.1) is 0 Å². The van der Waals surface area contributed by atoms with E-state index in [0.29, 0.717) is 0 Å². The van der Waals surface area contributed by atoms with Crippen molar-refractivity contribution >= 4 is 38.9 Å². The maximum atomic E-state index is 2.48. The van der Waals surface area contributed by atoms with Crippen LogP contribution in [-0.2, 0) is 5.41 Å². The quantitative estimate of drug-likeness (QED) is 0.157. The number of anilines is 3. The number of nitrogens with zero attached hydrogens (tertiary/aromatic N) is 2. The van der Waals surface area contributed by atoms with Gasteiger partial charge >= 0.3 is 0 Å². The Balaban J connectivity index is 1.15. The average Bonchev–Trinajstić information content (AvgIpc) is 3.76. The fourth-order valence-electron chi connectivity index (χ4n) is 9.72. The van der Waals surface area contributed by atoms with Crippen LogP contribution in [0.2, 0.25) is 0 Å². The van der Waals surface area contributed by atoms with Gasteiger partial charge in [-0.2, -0.15) is 0 Å². The largest absolute Gasteiger partial charge is 0.309 e. The van der Waals surface area contributed by atoms with E-state index in [0.717, 1.165) is 28.3 Å². The Kier molecular flexibility index (Phi) is 8.20. The lowest BCUT2D eigenvalue weighted by Gasteiger charge is -2.31. The van der Waals surface area contributed by atoms with Crippen LogP contribution in [0.15, 0.2) is 218 Å². The third-order valence-electron chi connectivity index (χ3n) is 12.4. The van der Waals surface area contributed by atoms with Gasteiger partial charge in [0.05, 0.1) is 22.4 Å². The molecule has 0 atom stereocenters. The lowest BCUT2D eigenvalue weighted by molar-refractivity contribution is 0.660. The smallest absolute Gasteiger partial charge is 0.0541 e. The summed E-state index contributed by atoms with van der Waals surface area (Å²) in [5.41, 5.74) is 19.3. The van der Waals surface area contributed by atoms with E-state index in [1.165, 1.54) is 71.9 Å². The summed E-state index contributed by atoms with van der Waals surface area (Å²) in [6.45, 7) is 4.72. The van der Waals surface area contributed by atoms with Gasteiger partial charge < -0.3 is 9.47 Å². The predicted octanol–water partition coefficient (Wildman–Crippen LogP) is 15.6. The highest BCUT2D eigenvalue weighted by Crippen LogP contribution is 2.54. The lowest BCUT2D eigenvalue weighted by Crippen LogP contribution is -2.15. The molecule has 0 fully saturated rings. The third kappa shape index (κ3) is 5.56. The number of fused-ring (bicyclic) bond motifs is 6. The molecule has 0 N–H and O–H groups in total. The summed E-state index contributed by atoms with van der Waals surface area (Å²) in [6.07, 6.45) is 0. The zero-order valence-electron chi connectivity index (χ0n) is 33.2. The fourth-order valence-corrected chi connectivity index (χ4v) is 9.72. The Morgan fingerprint density at radius 3 is 1.49 bits per heavy atom. The Bertz CT molecular complexity index is 3130. The van der Waals surface area contributed by atoms with Crippen molar-refractivity contribution in [2.75, 3.05) is 4.90 Å². The maximum Gasteiger partial charge on any atom is 0.0541 e. The molecule has 2 nitrogen and oxygen atoms in total. The third-order valence-corrected chi connectivity index (χ3v) is 12.4. The summed E-state index contributed by atoms with van der Waals surface area (Å²) in [6, 6.07) is 79.8. The van der Waals surface area contributed by atoms with Gasteiger partial charge in [-0.15, -0.1) is 0 Å².